The number of rotatable bonds is 7. The van der Waals surface area contributed by atoms with Crippen LogP contribution in [0.3, 0.4) is 0 Å². The molecule has 0 aliphatic rings. The number of methoxy groups -OCH3 is 1. The Labute approximate surface area is 131 Å². The molecule has 2 aromatic rings. The molecule has 0 aliphatic carbocycles. The first kappa shape index (κ1) is 16.0. The molecule has 116 valence electrons. The Morgan fingerprint density at radius 2 is 1.68 bits per heavy atom. The Kier molecular flexibility index (Phi) is 5.98. The van der Waals surface area contributed by atoms with E-state index in [0.29, 0.717) is 25.3 Å². The number of aryl methyl sites for hydroxylation is 1. The van der Waals surface area contributed by atoms with E-state index < -0.39 is 0 Å². The fraction of sp³-hybridized carbons (Fsp3) is 0.278. The van der Waals surface area contributed by atoms with Crippen molar-refractivity contribution in [2.45, 2.75) is 13.5 Å². The summed E-state index contributed by atoms with van der Waals surface area (Å²) in [6, 6.07) is 15.2. The van der Waals surface area contributed by atoms with Crippen LogP contribution in [0.1, 0.15) is 21.5 Å². The van der Waals surface area contributed by atoms with Gasteiger partial charge in [0.05, 0.1) is 6.61 Å². The maximum absolute atomic E-state index is 12.1. The molecule has 0 radical (unpaired) electrons. The molecular weight excluding hydrogens is 278 g/mol. The number of hydrogen-bond acceptors (Lipinski definition) is 3. The second-order valence-electron chi connectivity index (χ2n) is 5.03. The fourth-order valence-electron chi connectivity index (χ4n) is 1.94. The molecule has 2 rings (SSSR count). The number of ether oxygens (including phenoxy) is 2. The third kappa shape index (κ3) is 4.90. The van der Waals surface area contributed by atoms with E-state index in [0.717, 1.165) is 11.3 Å². The maximum Gasteiger partial charge on any atom is 0.251 e. The zero-order valence-electron chi connectivity index (χ0n) is 13.0. The monoisotopic (exact) mass is 299 g/mol. The molecule has 22 heavy (non-hydrogen) atoms. The van der Waals surface area contributed by atoms with Gasteiger partial charge in [0.15, 0.2) is 0 Å². The summed E-state index contributed by atoms with van der Waals surface area (Å²) in [7, 11) is 1.63. The average molecular weight is 299 g/mol. The van der Waals surface area contributed by atoms with Gasteiger partial charge < -0.3 is 14.8 Å². The van der Waals surface area contributed by atoms with Crippen LogP contribution in [0.15, 0.2) is 48.5 Å². The number of carbonyl (C=O) groups excluding carboxylic acids is 1. The highest BCUT2D eigenvalue weighted by atomic mass is 16.5. The van der Waals surface area contributed by atoms with E-state index in [1.54, 1.807) is 31.4 Å². The highest BCUT2D eigenvalue weighted by Gasteiger charge is 2.05. The van der Waals surface area contributed by atoms with Crippen LogP contribution in [0, 0.1) is 6.92 Å². The van der Waals surface area contributed by atoms with Crippen LogP contribution in [-0.2, 0) is 11.3 Å². The first-order valence-electron chi connectivity index (χ1n) is 7.24. The molecule has 4 nitrogen and oxygen atoms in total. The zero-order chi connectivity index (χ0) is 15.8. The van der Waals surface area contributed by atoms with Crippen LogP contribution in [0.2, 0.25) is 0 Å². The second-order valence-corrected chi connectivity index (χ2v) is 5.03. The fourth-order valence-corrected chi connectivity index (χ4v) is 1.94. The Hall–Kier alpha value is -2.33. The molecule has 0 bridgehead atoms. The van der Waals surface area contributed by atoms with Gasteiger partial charge in [-0.15, -0.1) is 0 Å². The molecule has 0 saturated heterocycles. The van der Waals surface area contributed by atoms with Crippen molar-refractivity contribution in [2.75, 3.05) is 20.3 Å². The van der Waals surface area contributed by atoms with Crippen LogP contribution in [0.25, 0.3) is 0 Å². The molecule has 4 heteroatoms. The van der Waals surface area contributed by atoms with Crippen molar-refractivity contribution >= 4 is 5.91 Å². The molecule has 0 fully saturated rings. The summed E-state index contributed by atoms with van der Waals surface area (Å²) in [5.74, 6) is 0.635. The normalized spacial score (nSPS) is 10.3. The van der Waals surface area contributed by atoms with Crippen molar-refractivity contribution in [2.24, 2.45) is 0 Å². The van der Waals surface area contributed by atoms with Crippen molar-refractivity contribution in [1.82, 2.24) is 5.32 Å². The van der Waals surface area contributed by atoms with E-state index in [9.17, 15) is 4.79 Å². The van der Waals surface area contributed by atoms with Crippen LogP contribution in [0.5, 0.6) is 5.75 Å². The molecule has 2 aromatic carbocycles. The zero-order valence-corrected chi connectivity index (χ0v) is 13.0. The largest absolute Gasteiger partial charge is 0.491 e. The summed E-state index contributed by atoms with van der Waals surface area (Å²) in [5, 5.41) is 2.91. The topological polar surface area (TPSA) is 47.6 Å². The third-order valence-corrected chi connectivity index (χ3v) is 3.25. The Balaban J connectivity index is 1.85. The van der Waals surface area contributed by atoms with Gasteiger partial charge in [-0.25, -0.2) is 0 Å². The van der Waals surface area contributed by atoms with Crippen LogP contribution < -0.4 is 10.1 Å². The minimum Gasteiger partial charge on any atom is -0.491 e. The Morgan fingerprint density at radius 1 is 1.00 bits per heavy atom. The smallest absolute Gasteiger partial charge is 0.251 e. The second kappa shape index (κ2) is 8.20. The number of amides is 1. The lowest BCUT2D eigenvalue weighted by atomic mass is 10.1. The number of carbonyl (C=O) groups is 1. The third-order valence-electron chi connectivity index (χ3n) is 3.25. The first-order chi connectivity index (χ1) is 10.7. The average Bonchev–Trinajstić information content (AvgIpc) is 2.55. The van der Waals surface area contributed by atoms with Gasteiger partial charge in [-0.2, -0.15) is 0 Å². The van der Waals surface area contributed by atoms with Crippen LogP contribution in [0.4, 0.5) is 0 Å². The minimum atomic E-state index is -0.0935. The lowest BCUT2D eigenvalue weighted by Gasteiger charge is -2.08. The molecular formula is C18H21NO3. The van der Waals surface area contributed by atoms with E-state index in [1.807, 2.05) is 31.2 Å². The molecule has 0 atom stereocenters. The van der Waals surface area contributed by atoms with Gasteiger partial charge in [0.25, 0.3) is 5.91 Å². The summed E-state index contributed by atoms with van der Waals surface area (Å²) in [4.78, 5) is 12.1. The maximum atomic E-state index is 12.1. The highest BCUT2D eigenvalue weighted by molar-refractivity contribution is 5.94. The van der Waals surface area contributed by atoms with Gasteiger partial charge in [-0.05, 0) is 36.8 Å². The Morgan fingerprint density at radius 3 is 2.32 bits per heavy atom. The summed E-state index contributed by atoms with van der Waals surface area (Å²) in [6.45, 7) is 3.60. The predicted octanol–water partition coefficient (Wildman–Crippen LogP) is 2.95. The predicted molar refractivity (Wildman–Crippen MR) is 86.2 cm³/mol. The van der Waals surface area contributed by atoms with Gasteiger partial charge >= 0.3 is 0 Å². The Bertz CT molecular complexity index is 591. The van der Waals surface area contributed by atoms with E-state index >= 15 is 0 Å². The highest BCUT2D eigenvalue weighted by Crippen LogP contribution is 2.12. The van der Waals surface area contributed by atoms with E-state index in [-0.39, 0.29) is 5.91 Å². The van der Waals surface area contributed by atoms with Gasteiger partial charge in [-0.1, -0.05) is 29.8 Å². The van der Waals surface area contributed by atoms with Crippen molar-refractivity contribution < 1.29 is 14.3 Å². The summed E-state index contributed by atoms with van der Waals surface area (Å²) in [6.07, 6.45) is 0. The SMILES string of the molecule is COCCOc1ccc(C(=O)NCc2ccc(C)cc2)cc1. The van der Waals surface area contributed by atoms with Crippen molar-refractivity contribution in [3.63, 3.8) is 0 Å². The van der Waals surface area contributed by atoms with Crippen LogP contribution in [-0.4, -0.2) is 26.2 Å². The van der Waals surface area contributed by atoms with Crippen molar-refractivity contribution in [3.8, 4) is 5.75 Å². The molecule has 0 unspecified atom stereocenters. The molecule has 0 aromatic heterocycles. The summed E-state index contributed by atoms with van der Waals surface area (Å²) in [5.41, 5.74) is 2.91. The quantitative estimate of drug-likeness (QED) is 0.800. The van der Waals surface area contributed by atoms with Crippen molar-refractivity contribution in [1.29, 1.82) is 0 Å². The molecule has 0 saturated carbocycles. The number of benzene rings is 2. The summed E-state index contributed by atoms with van der Waals surface area (Å²) >= 11 is 0. The van der Waals surface area contributed by atoms with E-state index in [2.05, 4.69) is 5.32 Å². The molecule has 0 aliphatic heterocycles. The molecule has 1 amide bonds. The standard InChI is InChI=1S/C18H21NO3/c1-14-3-5-15(6-4-14)13-19-18(20)16-7-9-17(10-8-16)22-12-11-21-2/h3-10H,11-13H2,1-2H3,(H,19,20). The van der Waals surface area contributed by atoms with Gasteiger partial charge in [0, 0.05) is 19.2 Å². The van der Waals surface area contributed by atoms with E-state index in [1.165, 1.54) is 5.56 Å². The van der Waals surface area contributed by atoms with Gasteiger partial charge in [0.1, 0.15) is 12.4 Å². The number of hydrogen-bond donors (Lipinski definition) is 1. The molecule has 1 N–H and O–H groups in total. The van der Waals surface area contributed by atoms with Crippen molar-refractivity contribution in [3.05, 3.63) is 65.2 Å². The van der Waals surface area contributed by atoms with Crippen LogP contribution >= 0.6 is 0 Å². The summed E-state index contributed by atoms with van der Waals surface area (Å²) < 4.78 is 10.4. The van der Waals surface area contributed by atoms with Gasteiger partial charge in [0.2, 0.25) is 0 Å². The lowest BCUT2D eigenvalue weighted by molar-refractivity contribution is 0.0951. The molecule has 0 spiro atoms. The van der Waals surface area contributed by atoms with Gasteiger partial charge in [-0.3, -0.25) is 4.79 Å². The molecule has 0 heterocycles. The number of nitrogens with one attached hydrogen (secondary N) is 1. The van der Waals surface area contributed by atoms with E-state index in [4.69, 9.17) is 9.47 Å². The lowest BCUT2D eigenvalue weighted by Crippen LogP contribution is -2.22. The first-order valence-corrected chi connectivity index (χ1v) is 7.24. The minimum absolute atomic E-state index is 0.0935.